The minimum absolute atomic E-state index is 0.0693. The largest absolute Gasteiger partial charge is 0.493 e. The zero-order chi connectivity index (χ0) is 25.2. The zero-order valence-electron chi connectivity index (χ0n) is 20.8. The van der Waals surface area contributed by atoms with E-state index in [1.165, 1.54) is 0 Å². The van der Waals surface area contributed by atoms with Gasteiger partial charge < -0.3 is 15.8 Å². The molecule has 0 fully saturated rings. The summed E-state index contributed by atoms with van der Waals surface area (Å²) in [4.78, 5) is 28.6. The summed E-state index contributed by atoms with van der Waals surface area (Å²) in [6.07, 6.45) is 7.99. The molecular formula is C28H36N4O3. The number of amides is 2. The van der Waals surface area contributed by atoms with Gasteiger partial charge in [-0.05, 0) is 73.6 Å². The molecule has 4 rings (SSSR count). The number of allylic oxidation sites excluding steroid dienone is 1. The molecule has 0 saturated carbocycles. The van der Waals surface area contributed by atoms with E-state index in [1.807, 2.05) is 57.2 Å². The predicted molar refractivity (Wildman–Crippen MR) is 140 cm³/mol. The number of ether oxygens (including phenoxy) is 1. The second-order valence-electron chi connectivity index (χ2n) is 8.54. The Bertz CT molecular complexity index is 1090. The van der Waals surface area contributed by atoms with Crippen LogP contribution in [0.5, 0.6) is 5.75 Å². The van der Waals surface area contributed by atoms with E-state index in [-0.39, 0.29) is 29.9 Å². The highest BCUT2D eigenvalue weighted by Gasteiger charge is 2.18. The second-order valence-corrected chi connectivity index (χ2v) is 8.54. The van der Waals surface area contributed by atoms with Crippen molar-refractivity contribution in [3.05, 3.63) is 70.8 Å². The summed E-state index contributed by atoms with van der Waals surface area (Å²) < 4.78 is 5.64. The molecule has 2 aliphatic heterocycles. The number of nitrogens with two attached hydrogens (primary N) is 1. The lowest BCUT2D eigenvalue weighted by Gasteiger charge is -2.19. The van der Waals surface area contributed by atoms with Gasteiger partial charge in [0, 0.05) is 12.0 Å². The van der Waals surface area contributed by atoms with Crippen molar-refractivity contribution in [1.29, 1.82) is 0 Å². The molecule has 0 saturated heterocycles. The second kappa shape index (κ2) is 12.7. The molecule has 2 amide bonds. The smallest absolute Gasteiger partial charge is 0.251 e. The number of hydrogen-bond donors (Lipinski definition) is 3. The van der Waals surface area contributed by atoms with E-state index < -0.39 is 0 Å². The quantitative estimate of drug-likeness (QED) is 0.546. The van der Waals surface area contributed by atoms with Gasteiger partial charge in [-0.2, -0.15) is 0 Å². The Hall–Kier alpha value is -3.61. The van der Waals surface area contributed by atoms with Crippen LogP contribution in [0.3, 0.4) is 0 Å². The standard InChI is InChI=1S/C26H30N4O3.C2H6/c1-17(28-25(32)21-11-12-23-20(15-21)9-5-13-33-23)19-8-4-7-18(14-19)6-2-3-10-22-16-24(31)30-26(27)29-22;1-2/h2,4,6-8,11-12,14-15,17,22H,3,5,9-10,13,16H2,1H3,(H,28,32)(H3,27,29,30,31);1-2H3/b6-2+;. The Balaban J connectivity index is 0.00000167. The van der Waals surface area contributed by atoms with Gasteiger partial charge in [-0.1, -0.05) is 44.2 Å². The number of carbonyl (C=O) groups is 2. The molecule has 7 nitrogen and oxygen atoms in total. The topological polar surface area (TPSA) is 106 Å². The molecule has 0 bridgehead atoms. The molecule has 0 radical (unpaired) electrons. The molecule has 2 aliphatic rings. The molecule has 2 aromatic carbocycles. The normalized spacial score (nSPS) is 17.7. The fraction of sp³-hybridized carbons (Fsp3) is 0.393. The number of aliphatic imine (C=N–C) groups is 1. The molecule has 4 N–H and O–H groups in total. The monoisotopic (exact) mass is 476 g/mol. The van der Waals surface area contributed by atoms with E-state index in [4.69, 9.17) is 10.5 Å². The third kappa shape index (κ3) is 7.44. The summed E-state index contributed by atoms with van der Waals surface area (Å²) in [5.41, 5.74) is 9.46. The van der Waals surface area contributed by atoms with Crippen molar-refractivity contribution in [2.24, 2.45) is 10.7 Å². The summed E-state index contributed by atoms with van der Waals surface area (Å²) in [6, 6.07) is 13.6. The molecule has 35 heavy (non-hydrogen) atoms. The maximum absolute atomic E-state index is 12.8. The number of rotatable bonds is 7. The SMILES string of the molecule is CC.CC(NC(=O)c1ccc2c(c1)CCCO2)c1cccc(/C=C/CCC2CC(=O)NC(N)=N2)c1. The van der Waals surface area contributed by atoms with Gasteiger partial charge in [0.15, 0.2) is 5.96 Å². The van der Waals surface area contributed by atoms with E-state index in [1.54, 1.807) is 0 Å². The Morgan fingerprint density at radius 1 is 1.29 bits per heavy atom. The summed E-state index contributed by atoms with van der Waals surface area (Å²) >= 11 is 0. The highest BCUT2D eigenvalue weighted by molar-refractivity contribution is 5.98. The number of nitrogens with zero attached hydrogens (tertiary/aromatic N) is 1. The molecule has 2 atom stereocenters. The third-order valence-electron chi connectivity index (χ3n) is 5.92. The lowest BCUT2D eigenvalue weighted by Crippen LogP contribution is -2.43. The maximum Gasteiger partial charge on any atom is 0.251 e. The third-order valence-corrected chi connectivity index (χ3v) is 5.92. The first-order valence-electron chi connectivity index (χ1n) is 12.4. The highest BCUT2D eigenvalue weighted by atomic mass is 16.5. The molecule has 2 heterocycles. The molecule has 0 aliphatic carbocycles. The van der Waals surface area contributed by atoms with Crippen molar-refractivity contribution in [3.8, 4) is 5.75 Å². The van der Waals surface area contributed by atoms with Crippen LogP contribution in [-0.4, -0.2) is 30.4 Å². The van der Waals surface area contributed by atoms with E-state index in [9.17, 15) is 9.59 Å². The summed E-state index contributed by atoms with van der Waals surface area (Å²) in [5, 5.41) is 5.61. The van der Waals surface area contributed by atoms with Crippen molar-refractivity contribution >= 4 is 23.8 Å². The van der Waals surface area contributed by atoms with Crippen LogP contribution < -0.4 is 21.1 Å². The average Bonchev–Trinajstić information content (AvgIpc) is 2.87. The molecule has 186 valence electrons. The zero-order valence-corrected chi connectivity index (χ0v) is 20.8. The average molecular weight is 477 g/mol. The number of hydrogen-bond acceptors (Lipinski definition) is 5. The molecule has 0 aromatic heterocycles. The maximum atomic E-state index is 12.8. The van der Waals surface area contributed by atoms with Crippen LogP contribution in [0.25, 0.3) is 6.08 Å². The number of fused-ring (bicyclic) bond motifs is 1. The van der Waals surface area contributed by atoms with Crippen molar-refractivity contribution < 1.29 is 14.3 Å². The number of aryl methyl sites for hydroxylation is 1. The number of nitrogens with one attached hydrogen (secondary N) is 2. The molecule has 2 aromatic rings. The van der Waals surface area contributed by atoms with E-state index in [0.29, 0.717) is 12.0 Å². The van der Waals surface area contributed by atoms with Crippen LogP contribution in [0.15, 0.2) is 53.5 Å². The first kappa shape index (κ1) is 26.0. The molecule has 0 spiro atoms. The molecular weight excluding hydrogens is 440 g/mol. The van der Waals surface area contributed by atoms with Crippen LogP contribution in [0, 0.1) is 0 Å². The van der Waals surface area contributed by atoms with Gasteiger partial charge in [-0.15, -0.1) is 0 Å². The van der Waals surface area contributed by atoms with Gasteiger partial charge in [0.1, 0.15) is 5.75 Å². The van der Waals surface area contributed by atoms with Crippen LogP contribution >= 0.6 is 0 Å². The van der Waals surface area contributed by atoms with Crippen LogP contribution in [-0.2, 0) is 11.2 Å². The van der Waals surface area contributed by atoms with E-state index >= 15 is 0 Å². The fourth-order valence-electron chi connectivity index (χ4n) is 4.15. The fourth-order valence-corrected chi connectivity index (χ4v) is 4.15. The summed E-state index contributed by atoms with van der Waals surface area (Å²) in [7, 11) is 0. The number of guanidine groups is 1. The lowest BCUT2D eigenvalue weighted by molar-refractivity contribution is -0.120. The van der Waals surface area contributed by atoms with Crippen molar-refractivity contribution in [2.75, 3.05) is 6.61 Å². The highest BCUT2D eigenvalue weighted by Crippen LogP contribution is 2.26. The Labute approximate surface area is 207 Å². The number of carbonyl (C=O) groups excluding carboxylic acids is 2. The van der Waals surface area contributed by atoms with Crippen LogP contribution in [0.4, 0.5) is 0 Å². The number of benzene rings is 2. The first-order chi connectivity index (χ1) is 17.0. The van der Waals surface area contributed by atoms with E-state index in [2.05, 4.69) is 33.8 Å². The van der Waals surface area contributed by atoms with Crippen molar-refractivity contribution in [3.63, 3.8) is 0 Å². The van der Waals surface area contributed by atoms with Gasteiger partial charge in [0.25, 0.3) is 5.91 Å². The Morgan fingerprint density at radius 2 is 2.11 bits per heavy atom. The van der Waals surface area contributed by atoms with Crippen molar-refractivity contribution in [2.45, 2.75) is 65.0 Å². The minimum Gasteiger partial charge on any atom is -0.493 e. The first-order valence-corrected chi connectivity index (χ1v) is 12.4. The summed E-state index contributed by atoms with van der Waals surface area (Å²) in [6.45, 7) is 6.72. The van der Waals surface area contributed by atoms with Crippen LogP contribution in [0.1, 0.15) is 79.5 Å². The van der Waals surface area contributed by atoms with Gasteiger partial charge >= 0.3 is 0 Å². The Kier molecular flexibility index (Phi) is 9.47. The van der Waals surface area contributed by atoms with Crippen LogP contribution in [0.2, 0.25) is 0 Å². The van der Waals surface area contributed by atoms with Gasteiger partial charge in [-0.25, -0.2) is 4.99 Å². The van der Waals surface area contributed by atoms with Gasteiger partial charge in [0.05, 0.1) is 18.7 Å². The predicted octanol–water partition coefficient (Wildman–Crippen LogP) is 4.53. The van der Waals surface area contributed by atoms with Crippen molar-refractivity contribution in [1.82, 2.24) is 10.6 Å². The van der Waals surface area contributed by atoms with E-state index in [0.717, 1.165) is 54.7 Å². The summed E-state index contributed by atoms with van der Waals surface area (Å²) in [5.74, 6) is 0.914. The van der Waals surface area contributed by atoms with Gasteiger partial charge in [-0.3, -0.25) is 14.9 Å². The molecule has 7 heteroatoms. The minimum atomic E-state index is -0.129. The lowest BCUT2D eigenvalue weighted by atomic mass is 10.0. The van der Waals surface area contributed by atoms with Gasteiger partial charge in [0.2, 0.25) is 5.91 Å². The Morgan fingerprint density at radius 3 is 2.91 bits per heavy atom. The molecule has 2 unspecified atom stereocenters.